The van der Waals surface area contributed by atoms with Gasteiger partial charge in [-0.2, -0.15) is 4.98 Å². The number of amides is 2. The summed E-state index contributed by atoms with van der Waals surface area (Å²) in [7, 11) is 0. The summed E-state index contributed by atoms with van der Waals surface area (Å²) in [6, 6.07) is 4.50. The monoisotopic (exact) mass is 379 g/mol. The van der Waals surface area contributed by atoms with Gasteiger partial charge < -0.3 is 9.15 Å². The van der Waals surface area contributed by atoms with Crippen LogP contribution < -0.4 is 5.32 Å². The van der Waals surface area contributed by atoms with E-state index in [0.717, 1.165) is 12.8 Å². The van der Waals surface area contributed by atoms with Crippen LogP contribution in [-0.2, 0) is 9.53 Å². The highest BCUT2D eigenvalue weighted by Crippen LogP contribution is 2.24. The lowest BCUT2D eigenvalue weighted by Gasteiger charge is -2.35. The Hall–Kier alpha value is -2.28. The number of benzene rings is 1. The largest absolute Gasteiger partial charge is 0.444 e. The maximum absolute atomic E-state index is 12.7. The minimum atomic E-state index is -0.616. The predicted octanol–water partition coefficient (Wildman–Crippen LogP) is 4.21. The zero-order chi connectivity index (χ0) is 18.9. The van der Waals surface area contributed by atoms with Crippen molar-refractivity contribution in [2.24, 2.45) is 0 Å². The molecule has 1 aliphatic heterocycles. The minimum absolute atomic E-state index is 0.0852. The summed E-state index contributed by atoms with van der Waals surface area (Å²) in [6.07, 6.45) is 1.78. The third-order valence-corrected chi connectivity index (χ3v) is 4.25. The number of oxazole rings is 1. The van der Waals surface area contributed by atoms with Gasteiger partial charge in [0.2, 0.25) is 0 Å². The van der Waals surface area contributed by atoms with Gasteiger partial charge in [0.1, 0.15) is 17.2 Å². The van der Waals surface area contributed by atoms with Crippen LogP contribution >= 0.6 is 11.6 Å². The fraction of sp³-hybridized carbons (Fsp3) is 0.500. The van der Waals surface area contributed by atoms with E-state index >= 15 is 0 Å². The summed E-state index contributed by atoms with van der Waals surface area (Å²) in [6.45, 7) is 5.88. The number of carbonyl (C=O) groups excluding carboxylic acids is 2. The van der Waals surface area contributed by atoms with Gasteiger partial charge in [0, 0.05) is 11.6 Å². The number of aromatic nitrogens is 1. The van der Waals surface area contributed by atoms with E-state index in [1.54, 1.807) is 39.0 Å². The maximum atomic E-state index is 12.7. The van der Waals surface area contributed by atoms with Gasteiger partial charge in [-0.3, -0.25) is 15.0 Å². The Kier molecular flexibility index (Phi) is 5.09. The van der Waals surface area contributed by atoms with E-state index in [1.807, 2.05) is 0 Å². The van der Waals surface area contributed by atoms with Crippen LogP contribution in [0, 0.1) is 0 Å². The number of piperidine rings is 1. The Bertz CT molecular complexity index is 827. The Morgan fingerprint density at radius 3 is 2.85 bits per heavy atom. The molecule has 0 radical (unpaired) electrons. The number of hydrogen-bond donors (Lipinski definition) is 1. The first-order chi connectivity index (χ1) is 12.2. The van der Waals surface area contributed by atoms with E-state index in [0.29, 0.717) is 29.1 Å². The van der Waals surface area contributed by atoms with Crippen LogP contribution in [0.2, 0.25) is 5.02 Å². The molecule has 1 fully saturated rings. The molecular formula is C18H22ClN3O4. The lowest BCUT2D eigenvalue weighted by atomic mass is 10.0. The van der Waals surface area contributed by atoms with Gasteiger partial charge in [0.15, 0.2) is 5.58 Å². The van der Waals surface area contributed by atoms with Crippen LogP contribution in [0.5, 0.6) is 0 Å². The number of fused-ring (bicyclic) bond motifs is 1. The number of rotatable bonds is 2. The fourth-order valence-corrected chi connectivity index (χ4v) is 3.05. The normalized spacial score (nSPS) is 18.0. The number of likely N-dealkylation sites (tertiary alicyclic amines) is 1. The second-order valence-electron chi connectivity index (χ2n) is 7.31. The molecule has 140 valence electrons. The highest BCUT2D eigenvalue weighted by molar-refractivity contribution is 6.31. The molecule has 2 heterocycles. The molecule has 1 saturated heterocycles. The van der Waals surface area contributed by atoms with Gasteiger partial charge >= 0.3 is 12.1 Å². The number of nitrogens with one attached hydrogen (secondary N) is 1. The molecule has 26 heavy (non-hydrogen) atoms. The molecule has 1 aromatic carbocycles. The van der Waals surface area contributed by atoms with Gasteiger partial charge in [0.05, 0.1) is 0 Å². The molecule has 8 heteroatoms. The highest BCUT2D eigenvalue weighted by Gasteiger charge is 2.35. The maximum Gasteiger partial charge on any atom is 0.410 e. The van der Waals surface area contributed by atoms with Crippen molar-refractivity contribution in [3.63, 3.8) is 0 Å². The van der Waals surface area contributed by atoms with Crippen LogP contribution in [0.4, 0.5) is 10.8 Å². The average molecular weight is 380 g/mol. The molecular weight excluding hydrogens is 358 g/mol. The molecule has 0 aliphatic carbocycles. The summed E-state index contributed by atoms with van der Waals surface area (Å²) in [5.74, 6) is -0.340. The molecule has 1 aliphatic rings. The highest BCUT2D eigenvalue weighted by atomic mass is 35.5. The summed E-state index contributed by atoms with van der Waals surface area (Å²) < 4.78 is 10.9. The number of ether oxygens (including phenoxy) is 1. The number of carbonyl (C=O) groups is 2. The van der Waals surface area contributed by atoms with Crippen LogP contribution in [-0.4, -0.2) is 40.1 Å². The summed E-state index contributed by atoms with van der Waals surface area (Å²) in [4.78, 5) is 30.8. The molecule has 2 aromatic rings. The molecule has 2 amide bonds. The van der Waals surface area contributed by atoms with E-state index in [-0.39, 0.29) is 11.9 Å². The van der Waals surface area contributed by atoms with Gasteiger partial charge in [-0.15, -0.1) is 0 Å². The number of anilines is 1. The van der Waals surface area contributed by atoms with E-state index in [4.69, 9.17) is 20.8 Å². The van der Waals surface area contributed by atoms with Gasteiger partial charge in [-0.1, -0.05) is 11.6 Å². The topological polar surface area (TPSA) is 84.7 Å². The molecule has 0 bridgehead atoms. The van der Waals surface area contributed by atoms with E-state index < -0.39 is 17.7 Å². The van der Waals surface area contributed by atoms with Crippen molar-refractivity contribution in [3.8, 4) is 0 Å². The molecule has 0 saturated carbocycles. The Morgan fingerprint density at radius 1 is 1.35 bits per heavy atom. The predicted molar refractivity (Wildman–Crippen MR) is 98.2 cm³/mol. The SMILES string of the molecule is CC(C)(C)OC(=O)N1CCCC[C@H]1C(=O)Nc1nc2cc(Cl)ccc2o1. The number of hydrogen-bond acceptors (Lipinski definition) is 5. The zero-order valence-corrected chi connectivity index (χ0v) is 15.8. The van der Waals surface area contributed by atoms with E-state index in [2.05, 4.69) is 10.3 Å². The van der Waals surface area contributed by atoms with Crippen LogP contribution in [0.1, 0.15) is 40.0 Å². The van der Waals surface area contributed by atoms with Gasteiger partial charge in [-0.05, 0) is 58.2 Å². The van der Waals surface area contributed by atoms with Crippen molar-refractivity contribution in [1.29, 1.82) is 0 Å². The van der Waals surface area contributed by atoms with Crippen molar-refractivity contribution in [3.05, 3.63) is 23.2 Å². The lowest BCUT2D eigenvalue weighted by molar-refractivity contribution is -0.122. The van der Waals surface area contributed by atoms with Crippen molar-refractivity contribution in [2.75, 3.05) is 11.9 Å². The zero-order valence-electron chi connectivity index (χ0n) is 15.0. The Balaban J connectivity index is 1.74. The van der Waals surface area contributed by atoms with E-state index in [1.165, 1.54) is 4.90 Å². The summed E-state index contributed by atoms with van der Waals surface area (Å²) >= 11 is 5.94. The molecule has 1 aromatic heterocycles. The standard InChI is InChI=1S/C18H22ClN3O4/c1-18(2,3)26-17(24)22-9-5-4-6-13(22)15(23)21-16-20-12-10-11(19)7-8-14(12)25-16/h7-8,10,13H,4-6,9H2,1-3H3,(H,20,21,23)/t13-/m0/s1. The Labute approximate surface area is 156 Å². The molecule has 0 spiro atoms. The van der Waals surface area contributed by atoms with Crippen LogP contribution in [0.15, 0.2) is 22.6 Å². The molecule has 1 N–H and O–H groups in total. The van der Waals surface area contributed by atoms with E-state index in [9.17, 15) is 9.59 Å². The first-order valence-electron chi connectivity index (χ1n) is 8.59. The second-order valence-corrected chi connectivity index (χ2v) is 7.74. The third kappa shape index (κ3) is 4.27. The van der Waals surface area contributed by atoms with Crippen LogP contribution in [0.25, 0.3) is 11.1 Å². The third-order valence-electron chi connectivity index (χ3n) is 4.01. The molecule has 1 atom stereocenters. The van der Waals surface area contributed by atoms with Crippen molar-refractivity contribution in [2.45, 2.75) is 51.7 Å². The summed E-state index contributed by atoms with van der Waals surface area (Å²) in [5.41, 5.74) is 0.465. The van der Waals surface area contributed by atoms with Crippen LogP contribution in [0.3, 0.4) is 0 Å². The fourth-order valence-electron chi connectivity index (χ4n) is 2.89. The quantitative estimate of drug-likeness (QED) is 0.844. The smallest absolute Gasteiger partial charge is 0.410 e. The molecule has 7 nitrogen and oxygen atoms in total. The van der Waals surface area contributed by atoms with Crippen molar-refractivity contribution < 1.29 is 18.7 Å². The average Bonchev–Trinajstić information content (AvgIpc) is 2.94. The van der Waals surface area contributed by atoms with Gasteiger partial charge in [-0.25, -0.2) is 4.79 Å². The second kappa shape index (κ2) is 7.15. The Morgan fingerprint density at radius 2 is 2.12 bits per heavy atom. The first kappa shape index (κ1) is 18.5. The summed E-state index contributed by atoms with van der Waals surface area (Å²) in [5, 5.41) is 3.19. The number of nitrogens with zero attached hydrogens (tertiary/aromatic N) is 2. The van der Waals surface area contributed by atoms with Crippen molar-refractivity contribution in [1.82, 2.24) is 9.88 Å². The lowest BCUT2D eigenvalue weighted by Crippen LogP contribution is -2.51. The molecule has 3 rings (SSSR count). The van der Waals surface area contributed by atoms with Gasteiger partial charge in [0.25, 0.3) is 5.91 Å². The van der Waals surface area contributed by atoms with Crippen molar-refractivity contribution >= 4 is 40.7 Å². The molecule has 0 unspecified atom stereocenters. The first-order valence-corrected chi connectivity index (χ1v) is 8.97. The minimum Gasteiger partial charge on any atom is -0.444 e. The number of halogens is 1.